The molecule has 0 aliphatic rings. The first-order valence-corrected chi connectivity index (χ1v) is 18.6. The van der Waals surface area contributed by atoms with Gasteiger partial charge in [-0.05, 0) is 12.8 Å². The fourth-order valence-corrected chi connectivity index (χ4v) is 6.32. The number of hydrogen-bond acceptors (Lipinski definition) is 11. The second-order valence-corrected chi connectivity index (χ2v) is 14.1. The third kappa shape index (κ3) is 27.4. The van der Waals surface area contributed by atoms with Crippen LogP contribution in [0.2, 0.25) is 0 Å². The van der Waals surface area contributed by atoms with Crippen LogP contribution in [0, 0.1) is 0 Å². The zero-order chi connectivity index (χ0) is 29.7. The molecule has 9 nitrogen and oxygen atoms in total. The largest absolute Gasteiger partial charge is 0.465 e. The summed E-state index contributed by atoms with van der Waals surface area (Å²) in [5.74, 6) is 3.90. The molecule has 0 aromatic carbocycles. The number of hydrogen-bond donors (Lipinski definition) is 1. The van der Waals surface area contributed by atoms with Gasteiger partial charge in [-0.3, -0.25) is 9.59 Å². The summed E-state index contributed by atoms with van der Waals surface area (Å²) in [5, 5.41) is 3.19. The molecule has 0 radical (unpaired) electrons. The number of ether oxygens (including phenoxy) is 4. The highest BCUT2D eigenvalue weighted by Crippen LogP contribution is 2.20. The number of nitrogens with one attached hydrogen (secondary N) is 1. The molecule has 40 heavy (non-hydrogen) atoms. The molecule has 234 valence electrons. The molecule has 0 aliphatic carbocycles. The van der Waals surface area contributed by atoms with Crippen molar-refractivity contribution in [2.45, 2.75) is 51.7 Å². The van der Waals surface area contributed by atoms with E-state index in [0.29, 0.717) is 75.9 Å². The van der Waals surface area contributed by atoms with E-state index in [1.807, 2.05) is 16.7 Å². The van der Waals surface area contributed by atoms with Crippen LogP contribution in [0.1, 0.15) is 46.5 Å². The number of amides is 2. The van der Waals surface area contributed by atoms with Gasteiger partial charge in [0.2, 0.25) is 5.91 Å². The van der Waals surface area contributed by atoms with Crippen LogP contribution in [0.25, 0.3) is 0 Å². The van der Waals surface area contributed by atoms with E-state index in [1.54, 1.807) is 39.4 Å². The molecular weight excluding hydrogens is 593 g/mol. The Labute approximate surface area is 258 Å². The molecule has 1 unspecified atom stereocenters. The lowest BCUT2D eigenvalue weighted by Crippen LogP contribution is -2.32. The van der Waals surface area contributed by atoms with Crippen LogP contribution in [-0.2, 0) is 28.5 Å². The van der Waals surface area contributed by atoms with Gasteiger partial charge in [0.05, 0.1) is 26.4 Å². The van der Waals surface area contributed by atoms with Crippen molar-refractivity contribution in [3.8, 4) is 0 Å². The first-order chi connectivity index (χ1) is 19.4. The summed E-state index contributed by atoms with van der Waals surface area (Å²) in [6, 6.07) is 0. The summed E-state index contributed by atoms with van der Waals surface area (Å²) < 4.78 is 21.2. The first-order valence-electron chi connectivity index (χ1n) is 13.9. The predicted molar refractivity (Wildman–Crippen MR) is 173 cm³/mol. The summed E-state index contributed by atoms with van der Waals surface area (Å²) in [7, 11) is 3.17. The number of rotatable bonds is 28. The van der Waals surface area contributed by atoms with Gasteiger partial charge in [-0.15, -0.1) is 6.58 Å². The Bertz CT molecular complexity index is 662. The normalized spacial score (nSPS) is 11.6. The molecule has 0 spiro atoms. The van der Waals surface area contributed by atoms with Gasteiger partial charge < -0.3 is 29.2 Å². The molecule has 0 fully saturated rings. The molecule has 0 saturated carbocycles. The zero-order valence-electron chi connectivity index (χ0n) is 24.5. The summed E-state index contributed by atoms with van der Waals surface area (Å²) >= 11 is 3.56. The second kappa shape index (κ2) is 29.8. The van der Waals surface area contributed by atoms with E-state index in [-0.39, 0.29) is 11.9 Å². The lowest BCUT2D eigenvalue weighted by Gasteiger charge is -2.20. The molecule has 0 aromatic heterocycles. The Balaban J connectivity index is 3.46. The summed E-state index contributed by atoms with van der Waals surface area (Å²) in [6.07, 6.45) is 4.92. The van der Waals surface area contributed by atoms with Gasteiger partial charge >= 0.3 is 12.1 Å². The maximum atomic E-state index is 12.3. The van der Waals surface area contributed by atoms with Crippen molar-refractivity contribution in [1.29, 1.82) is 0 Å². The maximum absolute atomic E-state index is 12.3. The highest BCUT2D eigenvalue weighted by Gasteiger charge is 2.11. The van der Waals surface area contributed by atoms with Crippen molar-refractivity contribution in [3.05, 3.63) is 12.7 Å². The van der Waals surface area contributed by atoms with E-state index in [4.69, 9.17) is 18.9 Å². The van der Waals surface area contributed by atoms with Crippen molar-refractivity contribution >= 4 is 63.1 Å². The van der Waals surface area contributed by atoms with Crippen LogP contribution < -0.4 is 5.32 Å². The summed E-state index contributed by atoms with van der Waals surface area (Å²) in [4.78, 5) is 36.6. The minimum absolute atomic E-state index is 0.202. The minimum atomic E-state index is -0.393. The van der Waals surface area contributed by atoms with Crippen LogP contribution in [0.4, 0.5) is 4.79 Å². The van der Waals surface area contributed by atoms with E-state index in [0.717, 1.165) is 43.1 Å². The van der Waals surface area contributed by atoms with Crippen LogP contribution in [0.15, 0.2) is 12.7 Å². The lowest BCUT2D eigenvalue weighted by molar-refractivity contribution is -0.140. The molecule has 1 N–H and O–H groups in total. The zero-order valence-corrected chi connectivity index (χ0v) is 27.8. The SMILES string of the molecule is C=CCN(CCCC)C(=O)CCSCCOCCOCCSC(C)CCNC(=O)OCCSSCCOC(C)=O. The van der Waals surface area contributed by atoms with E-state index in [2.05, 4.69) is 25.7 Å². The Morgan fingerprint density at radius 1 is 0.925 bits per heavy atom. The van der Waals surface area contributed by atoms with Gasteiger partial charge in [-0.25, -0.2) is 4.79 Å². The van der Waals surface area contributed by atoms with Gasteiger partial charge in [0.15, 0.2) is 0 Å². The average molecular weight is 643 g/mol. The predicted octanol–water partition coefficient (Wildman–Crippen LogP) is 5.14. The van der Waals surface area contributed by atoms with Gasteiger partial charge in [0, 0.05) is 67.0 Å². The molecule has 0 heterocycles. The first kappa shape index (κ1) is 39.3. The highest BCUT2D eigenvalue weighted by atomic mass is 33.1. The summed E-state index contributed by atoms with van der Waals surface area (Å²) in [6.45, 7) is 14.6. The van der Waals surface area contributed by atoms with Gasteiger partial charge in [0.25, 0.3) is 0 Å². The molecule has 0 aliphatic heterocycles. The molecule has 0 bridgehead atoms. The Morgan fingerprint density at radius 2 is 1.60 bits per heavy atom. The van der Waals surface area contributed by atoms with Crippen LogP contribution in [-0.4, -0.2) is 116 Å². The van der Waals surface area contributed by atoms with E-state index >= 15 is 0 Å². The Hall–Kier alpha value is -0.730. The number of esters is 1. The molecule has 0 aromatic rings. The van der Waals surface area contributed by atoms with Crippen LogP contribution in [0.5, 0.6) is 0 Å². The standard InChI is InChI=1S/C27H50N2O7S4/c1-5-7-12-29(11-6-2)26(31)9-19-37-20-15-33-13-14-34-16-21-38-24(3)8-10-28-27(32)36-18-23-40-39-22-17-35-25(4)30/h6,24H,2,5,7-23H2,1,3-4H3,(H,28,32). The van der Waals surface area contributed by atoms with Crippen molar-refractivity contribution in [1.82, 2.24) is 10.2 Å². The van der Waals surface area contributed by atoms with Gasteiger partial charge in [0.1, 0.15) is 13.2 Å². The summed E-state index contributed by atoms with van der Waals surface area (Å²) in [5.41, 5.74) is 0. The topological polar surface area (TPSA) is 103 Å². The van der Waals surface area contributed by atoms with Crippen LogP contribution >= 0.6 is 45.1 Å². The number of unbranched alkanes of at least 4 members (excludes halogenated alkanes) is 1. The Kier molecular flexibility index (Phi) is 29.2. The number of nitrogens with zero attached hydrogens (tertiary/aromatic N) is 1. The third-order valence-corrected chi connectivity index (χ3v) is 9.58. The lowest BCUT2D eigenvalue weighted by atomic mass is 10.3. The smallest absolute Gasteiger partial charge is 0.407 e. The Morgan fingerprint density at radius 3 is 2.25 bits per heavy atom. The fourth-order valence-electron chi connectivity index (χ4n) is 3.01. The number of thioether (sulfide) groups is 2. The minimum Gasteiger partial charge on any atom is -0.465 e. The second-order valence-electron chi connectivity index (χ2n) is 8.59. The van der Waals surface area contributed by atoms with Crippen molar-refractivity contribution in [2.24, 2.45) is 0 Å². The number of carbonyl (C=O) groups is 3. The van der Waals surface area contributed by atoms with E-state index < -0.39 is 6.09 Å². The van der Waals surface area contributed by atoms with Crippen molar-refractivity contribution < 1.29 is 33.3 Å². The van der Waals surface area contributed by atoms with E-state index in [1.165, 1.54) is 6.92 Å². The van der Waals surface area contributed by atoms with Gasteiger partial charge in [-0.2, -0.15) is 23.5 Å². The number of carbonyl (C=O) groups excluding carboxylic acids is 3. The van der Waals surface area contributed by atoms with Crippen LogP contribution in [0.3, 0.4) is 0 Å². The molecule has 2 amide bonds. The molecule has 0 rings (SSSR count). The van der Waals surface area contributed by atoms with Crippen molar-refractivity contribution in [2.75, 3.05) is 88.0 Å². The third-order valence-electron chi connectivity index (χ3n) is 5.09. The molecule has 1 atom stereocenters. The highest BCUT2D eigenvalue weighted by molar-refractivity contribution is 8.76. The van der Waals surface area contributed by atoms with Crippen molar-refractivity contribution in [3.63, 3.8) is 0 Å². The molecule has 0 saturated heterocycles. The average Bonchev–Trinajstić information content (AvgIpc) is 2.92. The van der Waals surface area contributed by atoms with Gasteiger partial charge in [-0.1, -0.05) is 47.9 Å². The molecule has 13 heteroatoms. The molecular formula is C27H50N2O7S4. The van der Waals surface area contributed by atoms with E-state index in [9.17, 15) is 14.4 Å². The maximum Gasteiger partial charge on any atom is 0.407 e. The quantitative estimate of drug-likeness (QED) is 0.0531. The fraction of sp³-hybridized carbons (Fsp3) is 0.815. The monoisotopic (exact) mass is 642 g/mol. The number of alkyl carbamates (subject to hydrolysis) is 1.